The van der Waals surface area contributed by atoms with Crippen LogP contribution in [-0.4, -0.2) is 19.2 Å². The smallest absolute Gasteiger partial charge is 0.184 e. The highest BCUT2D eigenvalue weighted by molar-refractivity contribution is 9.09. The molecule has 0 N–H and O–H groups in total. The first kappa shape index (κ1) is 9.74. The first-order valence-electron chi connectivity index (χ1n) is 4.31. The van der Waals surface area contributed by atoms with Gasteiger partial charge in [-0.05, 0) is 38.9 Å². The quantitative estimate of drug-likeness (QED) is 0.529. The minimum Gasteiger partial charge on any atom is -0.414 e. The summed E-state index contributed by atoms with van der Waals surface area (Å²) in [6, 6.07) is 0. The van der Waals surface area contributed by atoms with E-state index < -0.39 is 8.32 Å². The van der Waals surface area contributed by atoms with Crippen LogP contribution in [0.25, 0.3) is 0 Å². The summed E-state index contributed by atoms with van der Waals surface area (Å²) in [5.41, 5.74) is 0. The molecule has 11 heavy (non-hydrogen) atoms. The maximum Gasteiger partial charge on any atom is 0.184 e. The molecule has 0 aromatic carbocycles. The lowest BCUT2D eigenvalue weighted by Gasteiger charge is -2.25. The van der Waals surface area contributed by atoms with Gasteiger partial charge in [0.2, 0.25) is 0 Å². The fourth-order valence-electron chi connectivity index (χ4n) is 1.47. The van der Waals surface area contributed by atoms with Crippen molar-refractivity contribution in [1.29, 1.82) is 0 Å². The third-order valence-electron chi connectivity index (χ3n) is 1.88. The van der Waals surface area contributed by atoms with Crippen LogP contribution in [0, 0.1) is 0 Å². The SMILES string of the molecule is C[Si](C)(C)O[C@@H]1CCC[C@H]1Br. The van der Waals surface area contributed by atoms with Crippen molar-refractivity contribution in [1.82, 2.24) is 0 Å². The molecule has 1 fully saturated rings. The van der Waals surface area contributed by atoms with Crippen LogP contribution in [0.3, 0.4) is 0 Å². The number of hydrogen-bond donors (Lipinski definition) is 0. The molecule has 0 spiro atoms. The molecule has 0 unspecified atom stereocenters. The Morgan fingerprint density at radius 1 is 1.27 bits per heavy atom. The van der Waals surface area contributed by atoms with Gasteiger partial charge < -0.3 is 4.43 Å². The first-order chi connectivity index (χ1) is 4.99. The van der Waals surface area contributed by atoms with E-state index in [1.165, 1.54) is 19.3 Å². The molecule has 3 heteroatoms. The molecule has 0 amide bonds. The van der Waals surface area contributed by atoms with E-state index in [0.717, 1.165) is 0 Å². The zero-order valence-electron chi connectivity index (χ0n) is 7.56. The van der Waals surface area contributed by atoms with Crippen LogP contribution >= 0.6 is 15.9 Å². The zero-order valence-corrected chi connectivity index (χ0v) is 10.1. The molecule has 66 valence electrons. The Hall–Kier alpha value is 0.657. The molecule has 0 radical (unpaired) electrons. The van der Waals surface area contributed by atoms with Gasteiger partial charge in [-0.2, -0.15) is 0 Å². The van der Waals surface area contributed by atoms with E-state index in [0.29, 0.717) is 10.9 Å². The van der Waals surface area contributed by atoms with Crippen LogP contribution in [0.15, 0.2) is 0 Å². The summed E-state index contributed by atoms with van der Waals surface area (Å²) in [5, 5.41) is 0. The van der Waals surface area contributed by atoms with Crippen molar-refractivity contribution in [3.8, 4) is 0 Å². The van der Waals surface area contributed by atoms with Gasteiger partial charge in [0.25, 0.3) is 0 Å². The van der Waals surface area contributed by atoms with Gasteiger partial charge >= 0.3 is 0 Å². The van der Waals surface area contributed by atoms with Gasteiger partial charge in [-0.25, -0.2) is 0 Å². The lowest BCUT2D eigenvalue weighted by molar-refractivity contribution is 0.209. The average Bonchev–Trinajstić information content (AvgIpc) is 2.12. The molecule has 2 atom stereocenters. The predicted octanol–water partition coefficient (Wildman–Crippen LogP) is 3.15. The first-order valence-corrected chi connectivity index (χ1v) is 8.63. The van der Waals surface area contributed by atoms with Crippen LogP contribution in [-0.2, 0) is 4.43 Å². The number of rotatable bonds is 2. The Morgan fingerprint density at radius 3 is 2.27 bits per heavy atom. The summed E-state index contributed by atoms with van der Waals surface area (Å²) in [7, 11) is -1.29. The Balaban J connectivity index is 2.37. The third-order valence-corrected chi connectivity index (χ3v) is 3.93. The molecule has 0 aromatic rings. The predicted molar refractivity (Wildman–Crippen MR) is 54.8 cm³/mol. The van der Waals surface area contributed by atoms with Crippen molar-refractivity contribution in [2.75, 3.05) is 0 Å². The maximum atomic E-state index is 6.00. The van der Waals surface area contributed by atoms with Crippen molar-refractivity contribution >= 4 is 24.2 Å². The van der Waals surface area contributed by atoms with Crippen LogP contribution in [0.2, 0.25) is 19.6 Å². The lowest BCUT2D eigenvalue weighted by atomic mass is 10.3. The highest BCUT2D eigenvalue weighted by Gasteiger charge is 2.29. The van der Waals surface area contributed by atoms with E-state index in [-0.39, 0.29) is 0 Å². The van der Waals surface area contributed by atoms with E-state index in [1.807, 2.05) is 0 Å². The molecule has 0 aliphatic heterocycles. The van der Waals surface area contributed by atoms with Crippen LogP contribution in [0.4, 0.5) is 0 Å². The highest BCUT2D eigenvalue weighted by atomic mass is 79.9. The van der Waals surface area contributed by atoms with Gasteiger partial charge in [0.15, 0.2) is 8.32 Å². The molecule has 1 aliphatic rings. The minimum absolute atomic E-state index is 0.502. The van der Waals surface area contributed by atoms with Gasteiger partial charge in [0.05, 0.1) is 6.10 Å². The summed E-state index contributed by atoms with van der Waals surface area (Å²) in [6.07, 6.45) is 4.36. The van der Waals surface area contributed by atoms with Crippen molar-refractivity contribution in [3.05, 3.63) is 0 Å². The van der Waals surface area contributed by atoms with E-state index >= 15 is 0 Å². The molecule has 0 saturated heterocycles. The van der Waals surface area contributed by atoms with E-state index in [2.05, 4.69) is 35.6 Å². The fourth-order valence-corrected chi connectivity index (χ4v) is 3.55. The summed E-state index contributed by atoms with van der Waals surface area (Å²) in [4.78, 5) is 0.620. The molecule has 0 bridgehead atoms. The van der Waals surface area contributed by atoms with Crippen molar-refractivity contribution in [2.24, 2.45) is 0 Å². The van der Waals surface area contributed by atoms with Crippen LogP contribution < -0.4 is 0 Å². The van der Waals surface area contributed by atoms with Gasteiger partial charge in [0.1, 0.15) is 0 Å². The minimum atomic E-state index is -1.29. The Morgan fingerprint density at radius 2 is 1.91 bits per heavy atom. The second-order valence-electron chi connectivity index (χ2n) is 4.22. The Labute approximate surface area is 78.8 Å². The average molecular weight is 237 g/mol. The molecule has 0 heterocycles. The summed E-state index contributed by atoms with van der Waals surface area (Å²) in [5.74, 6) is 0. The number of hydrogen-bond acceptors (Lipinski definition) is 1. The summed E-state index contributed by atoms with van der Waals surface area (Å²) < 4.78 is 6.00. The van der Waals surface area contributed by atoms with E-state index in [1.54, 1.807) is 0 Å². The number of halogens is 1. The molecule has 1 nitrogen and oxygen atoms in total. The van der Waals surface area contributed by atoms with Gasteiger partial charge in [0, 0.05) is 4.83 Å². The molecule has 1 rings (SSSR count). The van der Waals surface area contributed by atoms with Gasteiger partial charge in [-0.15, -0.1) is 0 Å². The van der Waals surface area contributed by atoms with Crippen molar-refractivity contribution in [2.45, 2.75) is 49.8 Å². The molecular weight excluding hydrogens is 220 g/mol. The van der Waals surface area contributed by atoms with Crippen molar-refractivity contribution < 1.29 is 4.43 Å². The Bertz CT molecular complexity index is 133. The maximum absolute atomic E-state index is 6.00. The summed E-state index contributed by atoms with van der Waals surface area (Å²) >= 11 is 3.65. The standard InChI is InChI=1S/C8H17BrOSi/c1-11(2,3)10-8-6-4-5-7(8)9/h7-8H,4-6H2,1-3H3/t7-,8-/m1/s1. The van der Waals surface area contributed by atoms with Crippen molar-refractivity contribution in [3.63, 3.8) is 0 Å². The zero-order chi connectivity index (χ0) is 8.48. The van der Waals surface area contributed by atoms with E-state index in [4.69, 9.17) is 4.43 Å². The topological polar surface area (TPSA) is 9.23 Å². The van der Waals surface area contributed by atoms with Gasteiger partial charge in [-0.3, -0.25) is 0 Å². The molecule has 0 aromatic heterocycles. The summed E-state index contributed by atoms with van der Waals surface area (Å²) in [6.45, 7) is 6.76. The van der Waals surface area contributed by atoms with Gasteiger partial charge in [-0.1, -0.05) is 15.9 Å². The largest absolute Gasteiger partial charge is 0.414 e. The fraction of sp³-hybridized carbons (Fsp3) is 1.00. The molecule has 1 aliphatic carbocycles. The molecule has 1 saturated carbocycles. The van der Waals surface area contributed by atoms with E-state index in [9.17, 15) is 0 Å². The normalized spacial score (nSPS) is 32.7. The molecular formula is C8H17BrOSi. The van der Waals surface area contributed by atoms with Crippen LogP contribution in [0.5, 0.6) is 0 Å². The second-order valence-corrected chi connectivity index (χ2v) is 9.85. The third kappa shape index (κ3) is 3.26. The Kier molecular flexibility index (Phi) is 3.17. The lowest BCUT2D eigenvalue weighted by Crippen LogP contribution is -2.34. The number of alkyl halides is 1. The second kappa shape index (κ2) is 3.58. The highest BCUT2D eigenvalue weighted by Crippen LogP contribution is 2.30. The monoisotopic (exact) mass is 236 g/mol. The van der Waals surface area contributed by atoms with Crippen LogP contribution in [0.1, 0.15) is 19.3 Å².